The molecule has 35 heavy (non-hydrogen) atoms. The Bertz CT molecular complexity index is 1260. The summed E-state index contributed by atoms with van der Waals surface area (Å²) >= 11 is 0. The van der Waals surface area contributed by atoms with Gasteiger partial charge in [-0.1, -0.05) is 30.1 Å². The van der Waals surface area contributed by atoms with Crippen molar-refractivity contribution >= 4 is 10.8 Å². The molecule has 0 spiro atoms. The average Bonchev–Trinajstić information content (AvgIpc) is 2.84. The summed E-state index contributed by atoms with van der Waals surface area (Å²) in [5.41, 5.74) is 0.589. The molecule has 1 fully saturated rings. The van der Waals surface area contributed by atoms with E-state index in [1.807, 2.05) is 13.0 Å². The third-order valence-electron chi connectivity index (χ3n) is 5.99. The first-order valence-electron chi connectivity index (χ1n) is 11.7. The van der Waals surface area contributed by atoms with E-state index in [1.54, 1.807) is 18.2 Å². The van der Waals surface area contributed by atoms with Gasteiger partial charge in [-0.3, -0.25) is 0 Å². The fraction of sp³-hybridized carbons (Fsp3) is 0.310. The van der Waals surface area contributed by atoms with Crippen LogP contribution in [0.15, 0.2) is 54.6 Å². The lowest BCUT2D eigenvalue weighted by Crippen LogP contribution is -2.32. The lowest BCUT2D eigenvalue weighted by atomic mass is 10.0. The normalized spacial score (nSPS) is 18.1. The van der Waals surface area contributed by atoms with Gasteiger partial charge in [-0.15, -0.1) is 0 Å². The molecule has 0 bridgehead atoms. The highest BCUT2D eigenvalue weighted by Crippen LogP contribution is 2.22. The van der Waals surface area contributed by atoms with E-state index >= 15 is 0 Å². The van der Waals surface area contributed by atoms with Crippen molar-refractivity contribution in [3.8, 4) is 11.8 Å². The molecule has 1 saturated heterocycles. The minimum atomic E-state index is -0.969. The van der Waals surface area contributed by atoms with Crippen LogP contribution in [-0.2, 0) is 15.9 Å². The van der Waals surface area contributed by atoms with E-state index in [-0.39, 0.29) is 11.9 Å². The Hall–Kier alpha value is -3.14. The maximum Gasteiger partial charge on any atom is 0.159 e. The fourth-order valence-electron chi connectivity index (χ4n) is 4.04. The monoisotopic (exact) mass is 482 g/mol. The molecule has 0 aliphatic carbocycles. The van der Waals surface area contributed by atoms with Gasteiger partial charge < -0.3 is 9.47 Å². The molecule has 0 atom stereocenters. The predicted molar refractivity (Wildman–Crippen MR) is 128 cm³/mol. The van der Waals surface area contributed by atoms with Crippen LogP contribution < -0.4 is 0 Å². The van der Waals surface area contributed by atoms with Crippen LogP contribution in [0.25, 0.3) is 10.8 Å². The summed E-state index contributed by atoms with van der Waals surface area (Å²) < 4.78 is 67.6. The first kappa shape index (κ1) is 25.0. The molecule has 0 unspecified atom stereocenters. The van der Waals surface area contributed by atoms with Gasteiger partial charge in [0.2, 0.25) is 0 Å². The largest absolute Gasteiger partial charge is 0.352 e. The van der Waals surface area contributed by atoms with Crippen molar-refractivity contribution in [1.29, 1.82) is 0 Å². The summed E-state index contributed by atoms with van der Waals surface area (Å²) in [6.07, 6.45) is 6.66. The van der Waals surface area contributed by atoms with E-state index in [2.05, 4.69) is 17.9 Å². The van der Waals surface area contributed by atoms with Gasteiger partial charge in [-0.05, 0) is 78.9 Å². The summed E-state index contributed by atoms with van der Waals surface area (Å²) in [4.78, 5) is 0. The Kier molecular flexibility index (Phi) is 8.22. The molecular formula is C29H26F4O2. The predicted octanol–water partition coefficient (Wildman–Crippen LogP) is 7.07. The molecule has 1 aliphatic heterocycles. The number of allylic oxidation sites excluding steroid dienone is 2. The van der Waals surface area contributed by atoms with Gasteiger partial charge in [-0.2, -0.15) is 0 Å². The van der Waals surface area contributed by atoms with E-state index in [1.165, 1.54) is 12.1 Å². The Morgan fingerprint density at radius 1 is 0.829 bits per heavy atom. The highest BCUT2D eigenvalue weighted by atomic mass is 19.2. The zero-order valence-corrected chi connectivity index (χ0v) is 19.4. The quantitative estimate of drug-likeness (QED) is 0.212. The van der Waals surface area contributed by atoms with Gasteiger partial charge in [-0.25, -0.2) is 17.6 Å². The second-order valence-electron chi connectivity index (χ2n) is 8.66. The number of hydrogen-bond acceptors (Lipinski definition) is 2. The molecule has 0 amide bonds. The first-order chi connectivity index (χ1) is 16.9. The van der Waals surface area contributed by atoms with Gasteiger partial charge in [0.25, 0.3) is 0 Å². The van der Waals surface area contributed by atoms with Crippen molar-refractivity contribution in [3.63, 3.8) is 0 Å². The minimum absolute atomic E-state index is 0.340. The molecule has 4 rings (SSSR count). The molecule has 1 aliphatic rings. The Morgan fingerprint density at radius 3 is 2.20 bits per heavy atom. The third-order valence-corrected chi connectivity index (χ3v) is 5.99. The maximum absolute atomic E-state index is 14.6. The Labute approximate surface area is 202 Å². The lowest BCUT2D eigenvalue weighted by molar-refractivity contribution is -0.203. The van der Waals surface area contributed by atoms with Crippen molar-refractivity contribution in [2.24, 2.45) is 5.92 Å². The van der Waals surface area contributed by atoms with Crippen LogP contribution in [0, 0.1) is 41.0 Å². The van der Waals surface area contributed by atoms with Crippen molar-refractivity contribution in [2.75, 3.05) is 13.2 Å². The second kappa shape index (κ2) is 11.5. The number of ether oxygens (including phenoxy) is 2. The van der Waals surface area contributed by atoms with E-state index in [0.29, 0.717) is 53.9 Å². The van der Waals surface area contributed by atoms with Crippen molar-refractivity contribution in [3.05, 3.63) is 94.6 Å². The molecule has 0 aromatic heterocycles. The fourth-order valence-corrected chi connectivity index (χ4v) is 4.04. The van der Waals surface area contributed by atoms with E-state index in [4.69, 9.17) is 9.47 Å². The summed E-state index contributed by atoms with van der Waals surface area (Å²) in [5.74, 6) is 2.17. The second-order valence-corrected chi connectivity index (χ2v) is 8.66. The van der Waals surface area contributed by atoms with E-state index < -0.39 is 23.3 Å². The molecule has 2 nitrogen and oxygen atoms in total. The molecule has 3 aromatic rings. The van der Waals surface area contributed by atoms with Crippen LogP contribution in [-0.4, -0.2) is 19.5 Å². The smallest absolute Gasteiger partial charge is 0.159 e. The summed E-state index contributed by atoms with van der Waals surface area (Å²) in [7, 11) is 0. The number of halogens is 4. The summed E-state index contributed by atoms with van der Waals surface area (Å²) in [6.45, 7) is 3.23. The van der Waals surface area contributed by atoms with Crippen LogP contribution in [0.1, 0.15) is 42.9 Å². The lowest BCUT2D eigenvalue weighted by Gasteiger charge is -2.29. The van der Waals surface area contributed by atoms with Gasteiger partial charge in [0.05, 0.1) is 18.8 Å². The average molecular weight is 483 g/mol. The van der Waals surface area contributed by atoms with E-state index in [0.717, 1.165) is 25.0 Å². The first-order valence-corrected chi connectivity index (χ1v) is 11.7. The number of benzene rings is 3. The highest BCUT2D eigenvalue weighted by Gasteiger charge is 2.22. The summed E-state index contributed by atoms with van der Waals surface area (Å²) in [6, 6.07) is 9.42. The summed E-state index contributed by atoms with van der Waals surface area (Å²) in [5, 5.41) is 0.953. The van der Waals surface area contributed by atoms with Crippen molar-refractivity contribution < 1.29 is 27.0 Å². The number of rotatable bonds is 6. The standard InChI is InChI=1S/C29H26F4O2/c1-2-3-4-5-21-17-34-29(35-18-21)11-8-20-13-25(30)24(26(31)14-20)10-7-19-6-9-22-15-27(32)28(33)16-23(22)12-19/h2-3,6,9,12-16,21,29H,4-5,8,11,17-18H2,1H3/b3-2+. The number of hydrogen-bond donors (Lipinski definition) is 0. The maximum atomic E-state index is 14.6. The minimum Gasteiger partial charge on any atom is -0.352 e. The van der Waals surface area contributed by atoms with Crippen LogP contribution >= 0.6 is 0 Å². The third kappa shape index (κ3) is 6.50. The van der Waals surface area contributed by atoms with Crippen LogP contribution in [0.2, 0.25) is 0 Å². The molecule has 1 heterocycles. The van der Waals surface area contributed by atoms with Gasteiger partial charge in [0, 0.05) is 17.9 Å². The Balaban J connectivity index is 1.38. The molecular weight excluding hydrogens is 456 g/mol. The highest BCUT2D eigenvalue weighted by molar-refractivity contribution is 5.84. The molecule has 182 valence electrons. The number of fused-ring (bicyclic) bond motifs is 1. The van der Waals surface area contributed by atoms with Crippen LogP contribution in [0.3, 0.4) is 0 Å². The SMILES string of the molecule is C/C=C/CCC1COC(CCc2cc(F)c(C#Cc3ccc4cc(F)c(F)cc4c3)c(F)c2)OC1. The number of aryl methyl sites for hydroxylation is 1. The molecule has 6 heteroatoms. The van der Waals surface area contributed by atoms with E-state index in [9.17, 15) is 17.6 Å². The molecule has 0 N–H and O–H groups in total. The van der Waals surface area contributed by atoms with Gasteiger partial charge >= 0.3 is 0 Å². The molecule has 0 saturated carbocycles. The zero-order chi connectivity index (χ0) is 24.8. The van der Waals surface area contributed by atoms with Gasteiger partial charge in [0.15, 0.2) is 17.9 Å². The zero-order valence-electron chi connectivity index (χ0n) is 19.4. The Morgan fingerprint density at radius 2 is 1.51 bits per heavy atom. The topological polar surface area (TPSA) is 18.5 Å². The van der Waals surface area contributed by atoms with Crippen molar-refractivity contribution in [2.45, 2.75) is 38.9 Å². The van der Waals surface area contributed by atoms with Crippen LogP contribution in [0.5, 0.6) is 0 Å². The van der Waals surface area contributed by atoms with Gasteiger partial charge in [0.1, 0.15) is 11.6 Å². The molecule has 0 radical (unpaired) electrons. The van der Waals surface area contributed by atoms with Crippen LogP contribution in [0.4, 0.5) is 17.6 Å². The molecule has 3 aromatic carbocycles. The van der Waals surface area contributed by atoms with Crippen molar-refractivity contribution in [1.82, 2.24) is 0 Å².